The lowest BCUT2D eigenvalue weighted by atomic mass is 10.2. The van der Waals surface area contributed by atoms with Gasteiger partial charge in [0.15, 0.2) is 0 Å². The van der Waals surface area contributed by atoms with Crippen molar-refractivity contribution in [2.24, 2.45) is 5.73 Å². The number of nitrogens with two attached hydrogens (primary N) is 1. The lowest BCUT2D eigenvalue weighted by Gasteiger charge is -2.37. The smallest absolute Gasteiger partial charge is 0.281 e. The maximum atomic E-state index is 13.2. The van der Waals surface area contributed by atoms with Crippen LogP contribution in [0.25, 0.3) is 10.9 Å². The average Bonchev–Trinajstić information content (AvgIpc) is 3.31. The van der Waals surface area contributed by atoms with Crippen LogP contribution >= 0.6 is 11.6 Å². The van der Waals surface area contributed by atoms with Crippen molar-refractivity contribution >= 4 is 22.5 Å². The lowest BCUT2D eigenvalue weighted by molar-refractivity contribution is 0.156. The largest absolute Gasteiger partial charge is 0.353 e. The first-order valence-electron chi connectivity index (χ1n) is 8.59. The Hall–Kier alpha value is -1.67. The minimum Gasteiger partial charge on any atom is -0.353 e. The van der Waals surface area contributed by atoms with Crippen molar-refractivity contribution in [2.45, 2.75) is 32.2 Å². The van der Waals surface area contributed by atoms with E-state index in [-0.39, 0.29) is 17.8 Å². The highest BCUT2D eigenvalue weighted by Crippen LogP contribution is 2.26. The second kappa shape index (κ2) is 6.25. The first-order valence-corrected chi connectivity index (χ1v) is 8.96. The van der Waals surface area contributed by atoms with E-state index in [4.69, 9.17) is 22.1 Å². The molecule has 2 unspecified atom stereocenters. The molecule has 2 fully saturated rings. The summed E-state index contributed by atoms with van der Waals surface area (Å²) in [6.07, 6.45) is 0.519. The summed E-state index contributed by atoms with van der Waals surface area (Å²) in [5.74, 6) is 0.559. The first-order chi connectivity index (χ1) is 12.0. The third-order valence-electron chi connectivity index (χ3n) is 4.87. The number of rotatable bonds is 3. The Balaban J connectivity index is 1.73. The molecule has 4 rings (SSSR count). The highest BCUT2D eigenvalue weighted by molar-refractivity contribution is 6.35. The molecule has 0 saturated carbocycles. The highest BCUT2D eigenvalue weighted by atomic mass is 35.5. The number of hydrogen-bond acceptors (Lipinski definition) is 6. The Kier molecular flexibility index (Phi) is 4.19. The fraction of sp³-hybridized carbons (Fsp3) is 0.529. The molecular formula is C17H22ClN5O2. The molecule has 2 aliphatic rings. The van der Waals surface area contributed by atoms with E-state index in [1.165, 1.54) is 0 Å². The summed E-state index contributed by atoms with van der Waals surface area (Å²) in [6, 6.07) is 4.94. The first kappa shape index (κ1) is 16.8. The van der Waals surface area contributed by atoms with Crippen LogP contribution in [0.2, 0.25) is 5.02 Å². The predicted molar refractivity (Wildman–Crippen MR) is 97.5 cm³/mol. The maximum absolute atomic E-state index is 13.2. The minimum atomic E-state index is -0.360. The van der Waals surface area contributed by atoms with Gasteiger partial charge in [0, 0.05) is 26.2 Å². The molecule has 0 amide bonds. The van der Waals surface area contributed by atoms with Gasteiger partial charge in [-0.15, -0.1) is 0 Å². The standard InChI is InChI=1S/C17H22ClN5O2/c1-10(19)15-20-13-5-3-4-12(18)14(13)16(24)23(15)22-8-6-21(7-9-22)17-11(2)25-17/h3-5,10-11,17H,6-9,19H2,1-2H3/t10?,11-,17?/m0/s1. The summed E-state index contributed by atoms with van der Waals surface area (Å²) >= 11 is 6.27. The molecule has 1 aromatic carbocycles. The van der Waals surface area contributed by atoms with Gasteiger partial charge in [-0.3, -0.25) is 9.69 Å². The van der Waals surface area contributed by atoms with Gasteiger partial charge in [-0.05, 0) is 26.0 Å². The zero-order valence-corrected chi connectivity index (χ0v) is 15.1. The molecule has 7 nitrogen and oxygen atoms in total. The van der Waals surface area contributed by atoms with Gasteiger partial charge in [0.2, 0.25) is 0 Å². The number of fused-ring (bicyclic) bond motifs is 1. The molecule has 0 spiro atoms. The second-order valence-electron chi connectivity index (χ2n) is 6.73. The third-order valence-corrected chi connectivity index (χ3v) is 5.18. The normalized spacial score (nSPS) is 25.4. The third kappa shape index (κ3) is 2.91. The lowest BCUT2D eigenvalue weighted by Crippen LogP contribution is -2.56. The van der Waals surface area contributed by atoms with Gasteiger partial charge in [-0.1, -0.05) is 17.7 Å². The number of nitrogens with zero attached hydrogens (tertiary/aromatic N) is 4. The van der Waals surface area contributed by atoms with Crippen molar-refractivity contribution in [3.63, 3.8) is 0 Å². The van der Waals surface area contributed by atoms with Gasteiger partial charge < -0.3 is 15.5 Å². The molecule has 0 aliphatic carbocycles. The van der Waals surface area contributed by atoms with Crippen LogP contribution in [0.3, 0.4) is 0 Å². The molecule has 2 aliphatic heterocycles. The summed E-state index contributed by atoms with van der Waals surface area (Å²) in [6.45, 7) is 7.00. The van der Waals surface area contributed by atoms with Crippen LogP contribution in [0.4, 0.5) is 0 Å². The molecule has 0 radical (unpaired) electrons. The molecule has 3 atom stereocenters. The van der Waals surface area contributed by atoms with Gasteiger partial charge >= 0.3 is 0 Å². The molecule has 2 N–H and O–H groups in total. The fourth-order valence-corrected chi connectivity index (χ4v) is 3.74. The highest BCUT2D eigenvalue weighted by Gasteiger charge is 2.41. The zero-order valence-electron chi connectivity index (χ0n) is 14.4. The van der Waals surface area contributed by atoms with Crippen LogP contribution in [0.1, 0.15) is 25.7 Å². The van der Waals surface area contributed by atoms with Gasteiger partial charge in [0.25, 0.3) is 5.56 Å². The summed E-state index contributed by atoms with van der Waals surface area (Å²) in [5, 5.41) is 2.87. The van der Waals surface area contributed by atoms with E-state index in [0.717, 1.165) is 13.1 Å². The molecule has 2 aromatic rings. The Labute approximate surface area is 150 Å². The van der Waals surface area contributed by atoms with E-state index in [2.05, 4.69) is 16.8 Å². The predicted octanol–water partition coefficient (Wildman–Crippen LogP) is 1.07. The Morgan fingerprint density at radius 2 is 2.00 bits per heavy atom. The van der Waals surface area contributed by atoms with Gasteiger partial charge in [-0.2, -0.15) is 0 Å². The van der Waals surface area contributed by atoms with Crippen LogP contribution in [0.15, 0.2) is 23.0 Å². The van der Waals surface area contributed by atoms with Crippen LogP contribution in [-0.2, 0) is 4.74 Å². The molecule has 2 saturated heterocycles. The van der Waals surface area contributed by atoms with E-state index in [0.29, 0.717) is 40.9 Å². The monoisotopic (exact) mass is 363 g/mol. The SMILES string of the molecule is CC(N)c1nc2cccc(Cl)c2c(=O)n1N1CCN(C2O[C@H]2C)CC1. The number of benzene rings is 1. The zero-order chi connectivity index (χ0) is 17.7. The van der Waals surface area contributed by atoms with Crippen molar-refractivity contribution in [3.8, 4) is 0 Å². The number of aromatic nitrogens is 2. The topological polar surface area (TPSA) is 79.9 Å². The number of epoxide rings is 1. The average molecular weight is 364 g/mol. The van der Waals surface area contributed by atoms with Crippen molar-refractivity contribution in [2.75, 3.05) is 31.2 Å². The number of piperazine rings is 1. The van der Waals surface area contributed by atoms with Gasteiger partial charge in [0.1, 0.15) is 12.1 Å². The van der Waals surface area contributed by atoms with Crippen molar-refractivity contribution in [1.82, 2.24) is 14.6 Å². The number of ether oxygens (including phenoxy) is 1. The molecule has 3 heterocycles. The fourth-order valence-electron chi connectivity index (χ4n) is 3.49. The minimum absolute atomic E-state index is 0.160. The van der Waals surface area contributed by atoms with E-state index in [1.54, 1.807) is 22.9 Å². The molecule has 1 aromatic heterocycles. The van der Waals surface area contributed by atoms with Crippen LogP contribution < -0.4 is 16.3 Å². The van der Waals surface area contributed by atoms with E-state index in [1.807, 2.05) is 11.9 Å². The van der Waals surface area contributed by atoms with Crippen molar-refractivity contribution in [1.29, 1.82) is 0 Å². The van der Waals surface area contributed by atoms with E-state index >= 15 is 0 Å². The molecular weight excluding hydrogens is 342 g/mol. The summed E-state index contributed by atoms with van der Waals surface area (Å²) < 4.78 is 7.16. The summed E-state index contributed by atoms with van der Waals surface area (Å²) in [4.78, 5) is 20.1. The Morgan fingerprint density at radius 3 is 2.60 bits per heavy atom. The van der Waals surface area contributed by atoms with Gasteiger partial charge in [0.05, 0.1) is 28.1 Å². The quantitative estimate of drug-likeness (QED) is 0.822. The second-order valence-corrected chi connectivity index (χ2v) is 7.14. The molecule has 0 bridgehead atoms. The molecule has 8 heteroatoms. The molecule has 134 valence electrons. The van der Waals surface area contributed by atoms with Crippen LogP contribution in [0, 0.1) is 0 Å². The maximum Gasteiger partial charge on any atom is 0.281 e. The van der Waals surface area contributed by atoms with E-state index in [9.17, 15) is 4.79 Å². The van der Waals surface area contributed by atoms with E-state index < -0.39 is 0 Å². The van der Waals surface area contributed by atoms with Crippen LogP contribution in [0.5, 0.6) is 0 Å². The van der Waals surface area contributed by atoms with Crippen molar-refractivity contribution < 1.29 is 4.74 Å². The summed E-state index contributed by atoms with van der Waals surface area (Å²) in [7, 11) is 0. The van der Waals surface area contributed by atoms with Crippen LogP contribution in [-0.4, -0.2) is 53.1 Å². The Morgan fingerprint density at radius 1 is 1.32 bits per heavy atom. The number of hydrogen-bond donors (Lipinski definition) is 1. The van der Waals surface area contributed by atoms with Gasteiger partial charge in [-0.25, -0.2) is 9.66 Å². The number of halogens is 1. The summed E-state index contributed by atoms with van der Waals surface area (Å²) in [5.41, 5.74) is 6.53. The Bertz CT molecular complexity index is 860. The molecule has 25 heavy (non-hydrogen) atoms. The van der Waals surface area contributed by atoms with Crippen molar-refractivity contribution in [3.05, 3.63) is 39.4 Å².